The van der Waals surface area contributed by atoms with E-state index in [0.29, 0.717) is 5.01 Å². The summed E-state index contributed by atoms with van der Waals surface area (Å²) in [5.74, 6) is 3.84. The highest BCUT2D eigenvalue weighted by atomic mass is 19.1. The molecule has 6 N–H and O–H groups in total. The third-order valence-electron chi connectivity index (χ3n) is 2.30. The van der Waals surface area contributed by atoms with Gasteiger partial charge in [0, 0.05) is 0 Å². The SMILES string of the molecule is Nc1ncnc(N(N)c2c(F)cccc2F)c1N. The van der Waals surface area contributed by atoms with Gasteiger partial charge in [-0.2, -0.15) is 0 Å². The van der Waals surface area contributed by atoms with Crippen LogP contribution in [0.2, 0.25) is 0 Å². The lowest BCUT2D eigenvalue weighted by molar-refractivity contribution is 0.581. The Hall–Kier alpha value is -2.48. The second kappa shape index (κ2) is 4.41. The molecule has 0 radical (unpaired) electrons. The van der Waals surface area contributed by atoms with Crippen LogP contribution in [0.1, 0.15) is 0 Å². The Balaban J connectivity index is 2.55. The summed E-state index contributed by atoms with van der Waals surface area (Å²) in [5.41, 5.74) is 10.5. The molecule has 0 aliphatic heterocycles. The Labute approximate surface area is 101 Å². The fourth-order valence-electron chi connectivity index (χ4n) is 1.42. The van der Waals surface area contributed by atoms with Gasteiger partial charge in [0.1, 0.15) is 17.7 Å². The maximum atomic E-state index is 13.5. The normalized spacial score (nSPS) is 10.4. The molecule has 0 amide bonds. The lowest BCUT2D eigenvalue weighted by atomic mass is 10.2. The molecule has 2 rings (SSSR count). The predicted molar refractivity (Wildman–Crippen MR) is 63.5 cm³/mol. The average molecular weight is 252 g/mol. The van der Waals surface area contributed by atoms with Gasteiger partial charge < -0.3 is 11.5 Å². The number of anilines is 4. The first-order chi connectivity index (χ1) is 8.52. The molecule has 1 aromatic heterocycles. The minimum atomic E-state index is -0.839. The van der Waals surface area contributed by atoms with E-state index in [9.17, 15) is 8.78 Å². The van der Waals surface area contributed by atoms with Crippen molar-refractivity contribution in [2.24, 2.45) is 5.84 Å². The van der Waals surface area contributed by atoms with Crippen molar-refractivity contribution in [3.8, 4) is 0 Å². The summed E-state index contributed by atoms with van der Waals surface area (Å²) in [5, 5.41) is 0.692. The molecule has 0 fully saturated rings. The summed E-state index contributed by atoms with van der Waals surface area (Å²) in [6.45, 7) is 0. The summed E-state index contributed by atoms with van der Waals surface area (Å²) in [6, 6.07) is 3.36. The molecule has 18 heavy (non-hydrogen) atoms. The first kappa shape index (κ1) is 12.0. The van der Waals surface area contributed by atoms with Crippen molar-refractivity contribution in [3.05, 3.63) is 36.2 Å². The lowest BCUT2D eigenvalue weighted by Gasteiger charge is -2.20. The number of nitrogens with two attached hydrogens (primary N) is 3. The number of hydrogen-bond donors (Lipinski definition) is 3. The molecule has 2 aromatic rings. The van der Waals surface area contributed by atoms with E-state index in [1.165, 1.54) is 6.07 Å². The monoisotopic (exact) mass is 252 g/mol. The Morgan fingerprint density at radius 3 is 2.28 bits per heavy atom. The zero-order valence-electron chi connectivity index (χ0n) is 9.14. The van der Waals surface area contributed by atoms with Crippen LogP contribution in [0.25, 0.3) is 0 Å². The zero-order chi connectivity index (χ0) is 13.3. The van der Waals surface area contributed by atoms with E-state index in [2.05, 4.69) is 9.97 Å². The van der Waals surface area contributed by atoms with Gasteiger partial charge in [-0.25, -0.2) is 24.6 Å². The maximum absolute atomic E-state index is 13.5. The standard InChI is InChI=1S/C10H10F2N6/c11-5-2-1-3-6(12)8(5)18(15)10-7(13)9(14)16-4-17-10/h1-4H,13,15H2,(H2,14,16,17). The highest BCUT2D eigenvalue weighted by Gasteiger charge is 2.19. The third-order valence-corrected chi connectivity index (χ3v) is 2.30. The topological polar surface area (TPSA) is 107 Å². The zero-order valence-corrected chi connectivity index (χ0v) is 9.14. The Bertz CT molecular complexity index is 568. The van der Waals surface area contributed by atoms with Crippen molar-refractivity contribution in [3.63, 3.8) is 0 Å². The molecule has 0 saturated carbocycles. The minimum Gasteiger partial charge on any atom is -0.393 e. The fraction of sp³-hybridized carbons (Fsp3) is 0. The van der Waals surface area contributed by atoms with E-state index in [1.807, 2.05) is 0 Å². The summed E-state index contributed by atoms with van der Waals surface area (Å²) >= 11 is 0. The molecular formula is C10H10F2N6. The number of nitrogens with zero attached hydrogens (tertiary/aromatic N) is 3. The number of hydrazine groups is 1. The van der Waals surface area contributed by atoms with Crippen molar-refractivity contribution in [2.45, 2.75) is 0 Å². The number of halogens is 2. The molecule has 0 bridgehead atoms. The number of hydrogen-bond acceptors (Lipinski definition) is 6. The van der Waals surface area contributed by atoms with E-state index in [0.717, 1.165) is 18.5 Å². The molecule has 8 heteroatoms. The van der Waals surface area contributed by atoms with Gasteiger partial charge in [-0.15, -0.1) is 0 Å². The number of benzene rings is 1. The Morgan fingerprint density at radius 1 is 1.06 bits per heavy atom. The van der Waals surface area contributed by atoms with Crippen molar-refractivity contribution < 1.29 is 8.78 Å². The van der Waals surface area contributed by atoms with Gasteiger partial charge in [-0.05, 0) is 12.1 Å². The van der Waals surface area contributed by atoms with Gasteiger partial charge in [-0.1, -0.05) is 6.07 Å². The second-order valence-electron chi connectivity index (χ2n) is 3.44. The fourth-order valence-corrected chi connectivity index (χ4v) is 1.42. The quantitative estimate of drug-likeness (QED) is 0.542. The van der Waals surface area contributed by atoms with Gasteiger partial charge in [0.15, 0.2) is 23.3 Å². The van der Waals surface area contributed by atoms with E-state index in [4.69, 9.17) is 17.3 Å². The van der Waals surface area contributed by atoms with Crippen molar-refractivity contribution >= 4 is 23.0 Å². The second-order valence-corrected chi connectivity index (χ2v) is 3.44. The van der Waals surface area contributed by atoms with E-state index in [-0.39, 0.29) is 17.3 Å². The summed E-state index contributed by atoms with van der Waals surface area (Å²) < 4.78 is 27.1. The highest BCUT2D eigenvalue weighted by Crippen LogP contribution is 2.30. The largest absolute Gasteiger partial charge is 0.393 e. The van der Waals surface area contributed by atoms with Crippen LogP contribution in [-0.4, -0.2) is 9.97 Å². The first-order valence-electron chi connectivity index (χ1n) is 4.87. The van der Waals surface area contributed by atoms with E-state index in [1.54, 1.807) is 0 Å². The third kappa shape index (κ3) is 1.89. The maximum Gasteiger partial charge on any atom is 0.176 e. The van der Waals surface area contributed by atoms with Crippen LogP contribution in [0, 0.1) is 11.6 Å². The van der Waals surface area contributed by atoms with Gasteiger partial charge in [-0.3, -0.25) is 5.01 Å². The smallest absolute Gasteiger partial charge is 0.176 e. The number of para-hydroxylation sites is 1. The van der Waals surface area contributed by atoms with Gasteiger partial charge in [0.05, 0.1) is 0 Å². The number of nitrogen functional groups attached to an aromatic ring is 2. The highest BCUT2D eigenvalue weighted by molar-refractivity contribution is 5.77. The van der Waals surface area contributed by atoms with Crippen LogP contribution in [0.5, 0.6) is 0 Å². The van der Waals surface area contributed by atoms with Gasteiger partial charge >= 0.3 is 0 Å². The summed E-state index contributed by atoms with van der Waals surface area (Å²) in [7, 11) is 0. The molecule has 0 saturated heterocycles. The molecule has 0 aliphatic carbocycles. The molecule has 1 aromatic carbocycles. The van der Waals surface area contributed by atoms with E-state index >= 15 is 0 Å². The van der Waals surface area contributed by atoms with Crippen LogP contribution in [0.4, 0.5) is 31.8 Å². The number of rotatable bonds is 2. The van der Waals surface area contributed by atoms with Crippen LogP contribution in [0.3, 0.4) is 0 Å². The van der Waals surface area contributed by atoms with Gasteiger partial charge in [0.2, 0.25) is 0 Å². The van der Waals surface area contributed by atoms with Crippen molar-refractivity contribution in [1.29, 1.82) is 0 Å². The molecule has 94 valence electrons. The molecule has 0 spiro atoms. The van der Waals surface area contributed by atoms with Crippen LogP contribution < -0.4 is 22.3 Å². The molecule has 0 atom stereocenters. The Morgan fingerprint density at radius 2 is 1.67 bits per heavy atom. The summed E-state index contributed by atoms with van der Waals surface area (Å²) in [6.07, 6.45) is 1.10. The van der Waals surface area contributed by atoms with Crippen molar-refractivity contribution in [2.75, 3.05) is 16.5 Å². The molecule has 6 nitrogen and oxygen atoms in total. The molecule has 0 unspecified atom stereocenters. The molecule has 0 aliphatic rings. The van der Waals surface area contributed by atoms with Gasteiger partial charge in [0.25, 0.3) is 0 Å². The molecule has 1 heterocycles. The average Bonchev–Trinajstić information content (AvgIpc) is 2.32. The van der Waals surface area contributed by atoms with Crippen LogP contribution >= 0.6 is 0 Å². The first-order valence-corrected chi connectivity index (χ1v) is 4.87. The minimum absolute atomic E-state index is 0.0211. The van der Waals surface area contributed by atoms with Crippen molar-refractivity contribution in [1.82, 2.24) is 9.97 Å². The summed E-state index contributed by atoms with van der Waals surface area (Å²) in [4.78, 5) is 7.38. The Kier molecular flexibility index (Phi) is 2.94. The predicted octanol–water partition coefficient (Wildman–Crippen LogP) is 0.931. The van der Waals surface area contributed by atoms with Crippen LogP contribution in [-0.2, 0) is 0 Å². The van der Waals surface area contributed by atoms with E-state index < -0.39 is 17.3 Å². The lowest BCUT2D eigenvalue weighted by Crippen LogP contribution is -2.29. The van der Waals surface area contributed by atoms with Crippen LogP contribution in [0.15, 0.2) is 24.5 Å². The molecular weight excluding hydrogens is 242 g/mol. The number of aromatic nitrogens is 2.